The van der Waals surface area contributed by atoms with Crippen LogP contribution < -0.4 is 10.5 Å². The van der Waals surface area contributed by atoms with Crippen molar-refractivity contribution in [3.05, 3.63) is 147 Å². The zero-order valence-corrected chi connectivity index (χ0v) is 24.0. The average molecular weight is 581 g/mol. The molecule has 0 saturated carbocycles. The molecule has 0 bridgehead atoms. The number of para-hydroxylation sites is 1. The molecule has 7 rings (SSSR count). The average Bonchev–Trinajstić information content (AvgIpc) is 3.43. The number of hydrogen-bond donors (Lipinski definition) is 0. The second-order valence-corrected chi connectivity index (χ2v) is 10.8. The van der Waals surface area contributed by atoms with E-state index in [-0.39, 0.29) is 18.3 Å². The number of aromatic nitrogens is 2. The Bertz CT molecular complexity index is 2050. The highest BCUT2D eigenvalue weighted by molar-refractivity contribution is 6.20. The Balaban J connectivity index is 1.37. The first-order chi connectivity index (χ1) is 21.5. The van der Waals surface area contributed by atoms with Crippen molar-refractivity contribution in [2.75, 3.05) is 11.4 Å². The fraction of sp³-hybridized carbons (Fsp3) is 0.139. The van der Waals surface area contributed by atoms with Crippen LogP contribution in [0.5, 0.6) is 0 Å². The molecule has 3 heterocycles. The summed E-state index contributed by atoms with van der Waals surface area (Å²) < 4.78 is 6.87. The first-order valence-electron chi connectivity index (χ1n) is 14.5. The van der Waals surface area contributed by atoms with Crippen molar-refractivity contribution in [1.29, 1.82) is 0 Å². The van der Waals surface area contributed by atoms with Gasteiger partial charge in [-0.15, -0.1) is 0 Å². The summed E-state index contributed by atoms with van der Waals surface area (Å²) in [4.78, 5) is 52.8. The van der Waals surface area contributed by atoms with Crippen LogP contribution in [-0.2, 0) is 27.4 Å². The van der Waals surface area contributed by atoms with Gasteiger partial charge in [-0.1, -0.05) is 84.4 Å². The Labute approximate surface area is 253 Å². The largest absolute Gasteiger partial charge is 0.454 e. The predicted molar refractivity (Wildman–Crippen MR) is 170 cm³/mol. The van der Waals surface area contributed by atoms with Crippen molar-refractivity contribution < 1.29 is 14.3 Å². The van der Waals surface area contributed by atoms with E-state index in [1.54, 1.807) is 35.2 Å². The molecule has 0 N–H and O–H groups in total. The number of carbonyl (C=O) groups is 2. The molecule has 0 fully saturated rings. The summed E-state index contributed by atoms with van der Waals surface area (Å²) in [5.41, 5.74) is 6.10. The molecular formula is C36H28N4O4. The quantitative estimate of drug-likeness (QED) is 0.198. The molecule has 2 aliphatic rings. The summed E-state index contributed by atoms with van der Waals surface area (Å²) in [5, 5.41) is 0.343. The van der Waals surface area contributed by atoms with Crippen LogP contribution in [-0.4, -0.2) is 33.7 Å². The summed E-state index contributed by atoms with van der Waals surface area (Å²) in [6, 6.07) is 30.1. The first kappa shape index (κ1) is 27.2. The molecule has 0 saturated heterocycles. The zero-order chi connectivity index (χ0) is 30.2. The lowest BCUT2D eigenvalue weighted by Gasteiger charge is -2.23. The van der Waals surface area contributed by atoms with Crippen LogP contribution in [0.25, 0.3) is 17.0 Å². The van der Waals surface area contributed by atoms with Gasteiger partial charge in [-0.25, -0.2) is 14.8 Å². The summed E-state index contributed by atoms with van der Waals surface area (Å²) in [6.45, 7) is 2.18. The lowest BCUT2D eigenvalue weighted by atomic mass is 9.96. The topological polar surface area (TPSA) is 93.9 Å². The third-order valence-electron chi connectivity index (χ3n) is 7.93. The molecule has 5 aromatic rings. The number of esters is 1. The number of hydrogen-bond acceptors (Lipinski definition) is 6. The predicted octanol–water partition coefficient (Wildman–Crippen LogP) is 5.40. The highest BCUT2D eigenvalue weighted by Crippen LogP contribution is 2.39. The molecule has 1 unspecified atom stereocenters. The number of ether oxygens (including phenoxy) is 1. The minimum Gasteiger partial charge on any atom is -0.454 e. The highest BCUT2D eigenvalue weighted by atomic mass is 16.5. The van der Waals surface area contributed by atoms with Crippen LogP contribution in [0, 0.1) is 6.92 Å². The highest BCUT2D eigenvalue weighted by Gasteiger charge is 2.39. The number of nitrogens with zero attached hydrogens (tertiary/aromatic N) is 4. The molecule has 1 atom stereocenters. The van der Waals surface area contributed by atoms with Gasteiger partial charge >= 0.3 is 5.97 Å². The Kier molecular flexibility index (Phi) is 6.94. The molecule has 8 nitrogen and oxygen atoms in total. The zero-order valence-electron chi connectivity index (χ0n) is 24.0. The van der Waals surface area contributed by atoms with E-state index in [9.17, 15) is 14.4 Å². The Morgan fingerprint density at radius 2 is 1.68 bits per heavy atom. The van der Waals surface area contributed by atoms with Crippen LogP contribution >= 0.6 is 0 Å². The molecule has 1 amide bonds. The summed E-state index contributed by atoms with van der Waals surface area (Å²) in [7, 11) is 0. The number of fused-ring (bicyclic) bond motifs is 1. The van der Waals surface area contributed by atoms with E-state index in [1.807, 2.05) is 73.7 Å². The van der Waals surface area contributed by atoms with Gasteiger partial charge in [0.15, 0.2) is 5.82 Å². The number of anilines is 1. The van der Waals surface area contributed by atoms with E-state index in [4.69, 9.17) is 14.7 Å². The SMILES string of the molecule is Cc1cc2c3c(c1)C(c1ccccc1)=NC(n1c(COC(=O)C=Cc4ccccc4)nc4ccccc4c1=O)C(=O)N3CC2. The fourth-order valence-corrected chi connectivity index (χ4v) is 5.95. The molecule has 0 radical (unpaired) electrons. The summed E-state index contributed by atoms with van der Waals surface area (Å²) in [6.07, 6.45) is 2.42. The van der Waals surface area contributed by atoms with Crippen LogP contribution in [0.15, 0.2) is 113 Å². The van der Waals surface area contributed by atoms with Crippen LogP contribution in [0.3, 0.4) is 0 Å². The van der Waals surface area contributed by atoms with E-state index < -0.39 is 17.7 Å². The molecule has 0 spiro atoms. The van der Waals surface area contributed by atoms with Crippen molar-refractivity contribution in [3.63, 3.8) is 0 Å². The number of benzene rings is 4. The van der Waals surface area contributed by atoms with Gasteiger partial charge in [-0.05, 0) is 48.7 Å². The minimum absolute atomic E-state index is 0.131. The monoisotopic (exact) mass is 580 g/mol. The van der Waals surface area contributed by atoms with Crippen LogP contribution in [0.1, 0.15) is 39.8 Å². The number of amides is 1. The Morgan fingerprint density at radius 3 is 2.48 bits per heavy atom. The van der Waals surface area contributed by atoms with Crippen molar-refractivity contribution in [2.24, 2.45) is 4.99 Å². The standard InChI is InChI=1S/C36H28N4O4/c1-23-20-26-18-19-39-33(26)28(21-23)32(25-12-6-3-7-13-25)38-34(36(39)43)40-30(37-29-15-9-8-14-27(29)35(40)42)22-44-31(41)17-16-24-10-4-2-5-11-24/h2-17,20-21,34H,18-19,22H2,1H3. The summed E-state index contributed by atoms with van der Waals surface area (Å²) >= 11 is 0. The van der Waals surface area contributed by atoms with E-state index in [0.717, 1.165) is 33.5 Å². The van der Waals surface area contributed by atoms with E-state index in [2.05, 4.69) is 6.07 Å². The van der Waals surface area contributed by atoms with Crippen molar-refractivity contribution in [1.82, 2.24) is 9.55 Å². The van der Waals surface area contributed by atoms with E-state index >= 15 is 0 Å². The van der Waals surface area contributed by atoms with Gasteiger partial charge in [-0.3, -0.25) is 14.2 Å². The van der Waals surface area contributed by atoms with Crippen LogP contribution in [0.2, 0.25) is 0 Å². The maximum absolute atomic E-state index is 14.4. The molecule has 0 aliphatic carbocycles. The van der Waals surface area contributed by atoms with Crippen LogP contribution in [0.4, 0.5) is 5.69 Å². The molecule has 4 aromatic carbocycles. The van der Waals surface area contributed by atoms with Gasteiger partial charge in [0.2, 0.25) is 6.17 Å². The van der Waals surface area contributed by atoms with Crippen molar-refractivity contribution >= 4 is 40.3 Å². The third-order valence-corrected chi connectivity index (χ3v) is 7.93. The van der Waals surface area contributed by atoms with Gasteiger partial charge in [0.1, 0.15) is 6.61 Å². The Hall–Kier alpha value is -5.63. The lowest BCUT2D eigenvalue weighted by Crippen LogP contribution is -2.40. The van der Waals surface area contributed by atoms with Crippen molar-refractivity contribution in [2.45, 2.75) is 26.1 Å². The van der Waals surface area contributed by atoms with Crippen molar-refractivity contribution in [3.8, 4) is 0 Å². The molecular weight excluding hydrogens is 552 g/mol. The normalized spacial score (nSPS) is 15.8. The smallest absolute Gasteiger partial charge is 0.331 e. The van der Waals surface area contributed by atoms with E-state index in [0.29, 0.717) is 29.6 Å². The second-order valence-electron chi connectivity index (χ2n) is 10.8. The maximum atomic E-state index is 14.4. The molecule has 1 aromatic heterocycles. The molecule has 216 valence electrons. The van der Waals surface area contributed by atoms with Gasteiger partial charge in [0.05, 0.1) is 22.3 Å². The third kappa shape index (κ3) is 4.90. The molecule has 44 heavy (non-hydrogen) atoms. The molecule has 8 heteroatoms. The van der Waals surface area contributed by atoms with Gasteiger partial charge in [0, 0.05) is 23.7 Å². The minimum atomic E-state index is -1.26. The first-order valence-corrected chi connectivity index (χ1v) is 14.5. The number of rotatable bonds is 6. The van der Waals surface area contributed by atoms with Gasteiger partial charge in [-0.2, -0.15) is 0 Å². The molecule has 2 aliphatic heterocycles. The number of aliphatic imine (C=N–C) groups is 1. The fourth-order valence-electron chi connectivity index (χ4n) is 5.95. The van der Waals surface area contributed by atoms with E-state index in [1.165, 1.54) is 10.6 Å². The Morgan fingerprint density at radius 1 is 0.955 bits per heavy atom. The number of aryl methyl sites for hydroxylation is 1. The maximum Gasteiger partial charge on any atom is 0.331 e. The second kappa shape index (κ2) is 11.2. The lowest BCUT2D eigenvalue weighted by molar-refractivity contribution is -0.139. The van der Waals surface area contributed by atoms with Gasteiger partial charge < -0.3 is 9.64 Å². The number of carbonyl (C=O) groups excluding carboxylic acids is 2. The van der Waals surface area contributed by atoms with Gasteiger partial charge in [0.25, 0.3) is 11.5 Å². The summed E-state index contributed by atoms with van der Waals surface area (Å²) in [5.74, 6) is -0.808.